The van der Waals surface area contributed by atoms with Crippen molar-refractivity contribution in [2.45, 2.75) is 19.9 Å². The molecule has 1 atom stereocenters. The summed E-state index contributed by atoms with van der Waals surface area (Å²) in [6, 6.07) is 18.2. The highest BCUT2D eigenvalue weighted by Gasteiger charge is 2.16. The van der Waals surface area contributed by atoms with Gasteiger partial charge in [-0.25, -0.2) is 0 Å². The molecule has 0 saturated heterocycles. The van der Waals surface area contributed by atoms with Crippen LogP contribution in [-0.4, -0.2) is 12.2 Å². The van der Waals surface area contributed by atoms with Gasteiger partial charge in [0.05, 0.1) is 13.2 Å². The maximum absolute atomic E-state index is 5.44. The summed E-state index contributed by atoms with van der Waals surface area (Å²) in [6.07, 6.45) is 0. The Morgan fingerprint density at radius 3 is 2.18 bits per heavy atom. The molecule has 4 heteroatoms. The number of rotatable bonds is 5. The summed E-state index contributed by atoms with van der Waals surface area (Å²) < 4.78 is 5.15. The Hall–Kier alpha value is -2.07. The zero-order valence-corrected chi connectivity index (χ0v) is 14.0. The van der Waals surface area contributed by atoms with E-state index in [1.165, 1.54) is 5.56 Å². The standard InChI is InChI=1S/C18H22N2OS/c1-13(2)17(14-7-5-4-6-8-14)20-18(22)19-15-9-11-16(21-3)12-10-15/h4-13,17H,1-3H3,(H2,19,20,22)/t17-/m1/s1. The lowest BCUT2D eigenvalue weighted by Crippen LogP contribution is -2.34. The summed E-state index contributed by atoms with van der Waals surface area (Å²) in [5, 5.41) is 7.23. The van der Waals surface area contributed by atoms with Gasteiger partial charge in [0.1, 0.15) is 5.75 Å². The van der Waals surface area contributed by atoms with Crippen LogP contribution in [0.25, 0.3) is 0 Å². The fraction of sp³-hybridized carbons (Fsp3) is 0.278. The molecule has 2 N–H and O–H groups in total. The van der Waals surface area contributed by atoms with E-state index in [0.717, 1.165) is 11.4 Å². The molecule has 3 nitrogen and oxygen atoms in total. The van der Waals surface area contributed by atoms with Crippen LogP contribution in [0.4, 0.5) is 5.69 Å². The molecule has 2 aromatic rings. The van der Waals surface area contributed by atoms with Crippen LogP contribution in [0.1, 0.15) is 25.5 Å². The molecule has 0 aromatic heterocycles. The van der Waals surface area contributed by atoms with Gasteiger partial charge in [0.2, 0.25) is 0 Å². The van der Waals surface area contributed by atoms with Crippen molar-refractivity contribution in [3.63, 3.8) is 0 Å². The fourth-order valence-corrected chi connectivity index (χ4v) is 2.52. The molecular weight excluding hydrogens is 292 g/mol. The van der Waals surface area contributed by atoms with Crippen LogP contribution in [-0.2, 0) is 0 Å². The number of thiocarbonyl (C=S) groups is 1. The highest BCUT2D eigenvalue weighted by Crippen LogP contribution is 2.22. The van der Waals surface area contributed by atoms with Crippen molar-refractivity contribution in [2.75, 3.05) is 12.4 Å². The van der Waals surface area contributed by atoms with E-state index in [4.69, 9.17) is 17.0 Å². The Morgan fingerprint density at radius 1 is 1.00 bits per heavy atom. The second kappa shape index (κ2) is 7.80. The molecule has 0 fully saturated rings. The first-order chi connectivity index (χ1) is 10.6. The van der Waals surface area contributed by atoms with Crippen LogP contribution in [0.3, 0.4) is 0 Å². The molecular formula is C18H22N2OS. The average Bonchev–Trinajstić information content (AvgIpc) is 2.54. The number of ether oxygens (including phenoxy) is 1. The number of methoxy groups -OCH3 is 1. The Labute approximate surface area is 137 Å². The van der Waals surface area contributed by atoms with Crippen molar-refractivity contribution in [2.24, 2.45) is 5.92 Å². The van der Waals surface area contributed by atoms with E-state index in [1.807, 2.05) is 42.5 Å². The van der Waals surface area contributed by atoms with E-state index in [9.17, 15) is 0 Å². The van der Waals surface area contributed by atoms with E-state index in [-0.39, 0.29) is 6.04 Å². The lowest BCUT2D eigenvalue weighted by atomic mass is 9.96. The van der Waals surface area contributed by atoms with Gasteiger partial charge in [0.25, 0.3) is 0 Å². The van der Waals surface area contributed by atoms with Crippen molar-refractivity contribution >= 4 is 23.0 Å². The summed E-state index contributed by atoms with van der Waals surface area (Å²) in [5.74, 6) is 1.26. The van der Waals surface area contributed by atoms with Crippen molar-refractivity contribution < 1.29 is 4.74 Å². The van der Waals surface area contributed by atoms with Crippen LogP contribution in [0, 0.1) is 5.92 Å². The zero-order valence-electron chi connectivity index (χ0n) is 13.2. The van der Waals surface area contributed by atoms with E-state index in [0.29, 0.717) is 11.0 Å². The Morgan fingerprint density at radius 2 is 1.64 bits per heavy atom. The molecule has 0 aliphatic heterocycles. The van der Waals surface area contributed by atoms with Crippen LogP contribution >= 0.6 is 12.2 Å². The lowest BCUT2D eigenvalue weighted by Gasteiger charge is -2.24. The number of hydrogen-bond donors (Lipinski definition) is 2. The van der Waals surface area contributed by atoms with Crippen molar-refractivity contribution in [3.05, 3.63) is 60.2 Å². The smallest absolute Gasteiger partial charge is 0.171 e. The maximum atomic E-state index is 5.44. The number of nitrogens with one attached hydrogen (secondary N) is 2. The minimum Gasteiger partial charge on any atom is -0.497 e. The predicted octanol–water partition coefficient (Wildman–Crippen LogP) is 4.38. The summed E-state index contributed by atoms with van der Waals surface area (Å²) in [5.41, 5.74) is 2.17. The van der Waals surface area contributed by atoms with Crippen molar-refractivity contribution in [3.8, 4) is 5.75 Å². The number of benzene rings is 2. The van der Waals surface area contributed by atoms with Gasteiger partial charge in [-0.2, -0.15) is 0 Å². The van der Waals surface area contributed by atoms with Crippen LogP contribution in [0.2, 0.25) is 0 Å². The van der Waals surface area contributed by atoms with Gasteiger partial charge < -0.3 is 15.4 Å². The molecule has 116 valence electrons. The van der Waals surface area contributed by atoms with Gasteiger partial charge in [0.15, 0.2) is 5.11 Å². The Balaban J connectivity index is 2.02. The predicted molar refractivity (Wildman–Crippen MR) is 96.4 cm³/mol. The molecule has 2 aromatic carbocycles. The fourth-order valence-electron chi connectivity index (χ4n) is 2.28. The maximum Gasteiger partial charge on any atom is 0.171 e. The van der Waals surface area contributed by atoms with E-state index in [1.54, 1.807) is 7.11 Å². The summed E-state index contributed by atoms with van der Waals surface area (Å²) >= 11 is 5.44. The quantitative estimate of drug-likeness (QED) is 0.803. The summed E-state index contributed by atoms with van der Waals surface area (Å²) in [7, 11) is 1.65. The van der Waals surface area contributed by atoms with Crippen LogP contribution in [0.5, 0.6) is 5.75 Å². The first-order valence-electron chi connectivity index (χ1n) is 7.36. The van der Waals surface area contributed by atoms with Crippen LogP contribution in [0.15, 0.2) is 54.6 Å². The lowest BCUT2D eigenvalue weighted by molar-refractivity contribution is 0.415. The minimum atomic E-state index is 0.180. The molecule has 0 radical (unpaired) electrons. The third-order valence-electron chi connectivity index (χ3n) is 3.46. The average molecular weight is 314 g/mol. The van der Waals surface area contributed by atoms with Gasteiger partial charge >= 0.3 is 0 Å². The summed E-state index contributed by atoms with van der Waals surface area (Å²) in [6.45, 7) is 4.36. The Bertz CT molecular complexity index is 596. The molecule has 0 amide bonds. The van der Waals surface area contributed by atoms with Gasteiger partial charge in [0, 0.05) is 5.69 Å². The highest BCUT2D eigenvalue weighted by atomic mass is 32.1. The minimum absolute atomic E-state index is 0.180. The van der Waals surface area contributed by atoms with Gasteiger partial charge in [-0.15, -0.1) is 0 Å². The molecule has 22 heavy (non-hydrogen) atoms. The second-order valence-corrected chi connectivity index (χ2v) is 5.87. The van der Waals surface area contributed by atoms with E-state index >= 15 is 0 Å². The second-order valence-electron chi connectivity index (χ2n) is 5.46. The van der Waals surface area contributed by atoms with Crippen molar-refractivity contribution in [1.82, 2.24) is 5.32 Å². The third-order valence-corrected chi connectivity index (χ3v) is 3.68. The first kappa shape index (κ1) is 16.3. The monoisotopic (exact) mass is 314 g/mol. The Kier molecular flexibility index (Phi) is 5.78. The first-order valence-corrected chi connectivity index (χ1v) is 7.77. The van der Waals surface area contributed by atoms with Gasteiger partial charge in [-0.1, -0.05) is 44.2 Å². The molecule has 0 unspecified atom stereocenters. The topological polar surface area (TPSA) is 33.3 Å². The van der Waals surface area contributed by atoms with E-state index in [2.05, 4.69) is 36.6 Å². The summed E-state index contributed by atoms with van der Waals surface area (Å²) in [4.78, 5) is 0. The number of hydrogen-bond acceptors (Lipinski definition) is 2. The highest BCUT2D eigenvalue weighted by molar-refractivity contribution is 7.80. The molecule has 0 heterocycles. The normalized spacial score (nSPS) is 11.8. The third kappa shape index (κ3) is 4.46. The SMILES string of the molecule is COc1ccc(NC(=S)N[C@@H](c2ccccc2)C(C)C)cc1. The largest absolute Gasteiger partial charge is 0.497 e. The molecule has 0 bridgehead atoms. The van der Waals surface area contributed by atoms with Gasteiger partial charge in [-0.3, -0.25) is 0 Å². The number of anilines is 1. The molecule has 0 aliphatic rings. The van der Waals surface area contributed by atoms with Crippen molar-refractivity contribution in [1.29, 1.82) is 0 Å². The molecule has 0 saturated carbocycles. The molecule has 2 rings (SSSR count). The van der Waals surface area contributed by atoms with Gasteiger partial charge in [-0.05, 0) is 48.0 Å². The zero-order chi connectivity index (χ0) is 15.9. The van der Waals surface area contributed by atoms with E-state index < -0.39 is 0 Å². The molecule has 0 aliphatic carbocycles. The molecule has 0 spiro atoms. The van der Waals surface area contributed by atoms with Crippen LogP contribution < -0.4 is 15.4 Å².